The zero-order valence-electron chi connectivity index (χ0n) is 13.1. The van der Waals surface area contributed by atoms with Crippen LogP contribution in [0.4, 0.5) is 11.6 Å². The second kappa shape index (κ2) is 6.51. The van der Waals surface area contributed by atoms with Gasteiger partial charge in [-0.25, -0.2) is 9.97 Å². The van der Waals surface area contributed by atoms with E-state index in [2.05, 4.69) is 15.3 Å². The number of carbonyl (C=O) groups is 1. The molecule has 0 spiro atoms. The van der Waals surface area contributed by atoms with Crippen molar-refractivity contribution in [1.82, 2.24) is 9.97 Å². The molecule has 120 valence electrons. The largest absolute Gasteiger partial charge is 0.490 e. The van der Waals surface area contributed by atoms with Crippen LogP contribution < -0.4 is 19.7 Å². The number of aromatic nitrogens is 2. The van der Waals surface area contributed by atoms with Crippen LogP contribution in [0.1, 0.15) is 16.8 Å². The highest BCUT2D eigenvalue weighted by Gasteiger charge is 2.15. The first-order valence-electron chi connectivity index (χ1n) is 7.34. The fourth-order valence-electron chi connectivity index (χ4n) is 2.15. The number of benzene rings is 1. The molecule has 0 bridgehead atoms. The summed E-state index contributed by atoms with van der Waals surface area (Å²) < 4.78 is 11.2. The highest BCUT2D eigenvalue weighted by atomic mass is 16.5. The Labute approximate surface area is 134 Å². The van der Waals surface area contributed by atoms with Crippen molar-refractivity contribution >= 4 is 17.5 Å². The van der Waals surface area contributed by atoms with Crippen molar-refractivity contribution in [1.29, 1.82) is 0 Å². The zero-order chi connectivity index (χ0) is 16.2. The highest BCUT2D eigenvalue weighted by Crippen LogP contribution is 2.30. The van der Waals surface area contributed by atoms with Crippen molar-refractivity contribution in [2.75, 3.05) is 37.5 Å². The Morgan fingerprint density at radius 1 is 1.13 bits per heavy atom. The molecule has 0 radical (unpaired) electrons. The van der Waals surface area contributed by atoms with Gasteiger partial charge in [-0.2, -0.15) is 0 Å². The van der Waals surface area contributed by atoms with E-state index < -0.39 is 0 Å². The van der Waals surface area contributed by atoms with Crippen LogP contribution in [-0.2, 0) is 0 Å². The Morgan fingerprint density at radius 2 is 1.91 bits per heavy atom. The summed E-state index contributed by atoms with van der Waals surface area (Å²) in [6.07, 6.45) is 2.24. The van der Waals surface area contributed by atoms with E-state index in [-0.39, 0.29) is 5.91 Å². The second-order valence-corrected chi connectivity index (χ2v) is 5.32. The third-order valence-electron chi connectivity index (χ3n) is 3.36. The number of hydrogen-bond donors (Lipinski definition) is 1. The van der Waals surface area contributed by atoms with Crippen LogP contribution in [0.15, 0.2) is 30.6 Å². The Hall–Kier alpha value is -2.83. The normalized spacial score (nSPS) is 13.1. The van der Waals surface area contributed by atoms with Crippen LogP contribution in [0.2, 0.25) is 0 Å². The van der Waals surface area contributed by atoms with Crippen molar-refractivity contribution in [2.24, 2.45) is 0 Å². The number of hydrogen-bond acceptors (Lipinski definition) is 6. The van der Waals surface area contributed by atoms with Gasteiger partial charge in [0.05, 0.1) is 13.2 Å². The van der Waals surface area contributed by atoms with Crippen LogP contribution in [0.25, 0.3) is 0 Å². The Bertz CT molecular complexity index is 718. The van der Waals surface area contributed by atoms with Gasteiger partial charge in [-0.15, -0.1) is 0 Å². The Morgan fingerprint density at radius 3 is 2.70 bits per heavy atom. The molecule has 7 heteroatoms. The molecule has 1 aliphatic heterocycles. The topological polar surface area (TPSA) is 76.6 Å². The zero-order valence-corrected chi connectivity index (χ0v) is 13.1. The molecular formula is C16H18N4O3. The maximum absolute atomic E-state index is 12.4. The SMILES string of the molecule is CN(C)c1cc(NC(=O)c2ccc3c(c2)OCCCO3)ncn1. The second-order valence-electron chi connectivity index (χ2n) is 5.32. The van der Waals surface area contributed by atoms with Gasteiger partial charge in [0.25, 0.3) is 5.91 Å². The van der Waals surface area contributed by atoms with Gasteiger partial charge < -0.3 is 19.7 Å². The molecule has 2 aromatic rings. The van der Waals surface area contributed by atoms with Crippen molar-refractivity contribution < 1.29 is 14.3 Å². The quantitative estimate of drug-likeness (QED) is 0.933. The molecule has 0 fully saturated rings. The number of anilines is 2. The highest BCUT2D eigenvalue weighted by molar-refractivity contribution is 6.04. The summed E-state index contributed by atoms with van der Waals surface area (Å²) in [6.45, 7) is 1.20. The Kier molecular flexibility index (Phi) is 4.27. The molecule has 1 N–H and O–H groups in total. The summed E-state index contributed by atoms with van der Waals surface area (Å²) in [5.74, 6) is 2.15. The number of fused-ring (bicyclic) bond motifs is 1. The van der Waals surface area contributed by atoms with Crippen LogP contribution in [0, 0.1) is 0 Å². The lowest BCUT2D eigenvalue weighted by molar-refractivity contribution is 0.102. The molecule has 23 heavy (non-hydrogen) atoms. The number of carbonyl (C=O) groups excluding carboxylic acids is 1. The molecule has 1 aromatic heterocycles. The number of nitrogens with one attached hydrogen (secondary N) is 1. The van der Waals surface area contributed by atoms with E-state index in [1.54, 1.807) is 24.3 Å². The fourth-order valence-corrected chi connectivity index (χ4v) is 2.15. The molecule has 0 saturated heterocycles. The number of nitrogens with zero attached hydrogens (tertiary/aromatic N) is 3. The average Bonchev–Trinajstić information content (AvgIpc) is 2.79. The van der Waals surface area contributed by atoms with Gasteiger partial charge >= 0.3 is 0 Å². The van der Waals surface area contributed by atoms with Gasteiger partial charge in [0.2, 0.25) is 0 Å². The van der Waals surface area contributed by atoms with Crippen LogP contribution >= 0.6 is 0 Å². The van der Waals surface area contributed by atoms with Crippen LogP contribution in [-0.4, -0.2) is 43.2 Å². The molecule has 1 amide bonds. The third kappa shape index (κ3) is 3.50. The summed E-state index contributed by atoms with van der Waals surface area (Å²) in [4.78, 5) is 22.4. The smallest absolute Gasteiger partial charge is 0.256 e. The van der Waals surface area contributed by atoms with E-state index in [0.717, 1.165) is 6.42 Å². The van der Waals surface area contributed by atoms with Crippen LogP contribution in [0.3, 0.4) is 0 Å². The third-order valence-corrected chi connectivity index (χ3v) is 3.36. The van der Waals surface area contributed by atoms with E-state index in [1.165, 1.54) is 6.33 Å². The molecule has 1 aromatic carbocycles. The molecule has 0 saturated carbocycles. The first-order chi connectivity index (χ1) is 11.1. The lowest BCUT2D eigenvalue weighted by Crippen LogP contribution is -2.15. The van der Waals surface area contributed by atoms with E-state index >= 15 is 0 Å². The van der Waals surface area contributed by atoms with Crippen molar-refractivity contribution in [3.05, 3.63) is 36.2 Å². The number of rotatable bonds is 3. The minimum atomic E-state index is -0.260. The van der Waals surface area contributed by atoms with Crippen molar-refractivity contribution in [3.63, 3.8) is 0 Å². The summed E-state index contributed by atoms with van der Waals surface area (Å²) in [6, 6.07) is 6.85. The predicted octanol–water partition coefficient (Wildman–Crippen LogP) is 1.96. The van der Waals surface area contributed by atoms with Crippen molar-refractivity contribution in [3.8, 4) is 11.5 Å². The molecule has 3 rings (SSSR count). The predicted molar refractivity (Wildman–Crippen MR) is 86.4 cm³/mol. The first-order valence-corrected chi connectivity index (χ1v) is 7.34. The molecule has 0 aliphatic carbocycles. The average molecular weight is 314 g/mol. The number of amides is 1. The van der Waals surface area contributed by atoms with Gasteiger partial charge in [-0.05, 0) is 18.2 Å². The van der Waals surface area contributed by atoms with Gasteiger partial charge in [0.15, 0.2) is 11.5 Å². The minimum Gasteiger partial charge on any atom is -0.490 e. The summed E-state index contributed by atoms with van der Waals surface area (Å²) in [7, 11) is 3.75. The van der Waals surface area contributed by atoms with E-state index in [0.29, 0.717) is 41.9 Å². The van der Waals surface area contributed by atoms with Gasteiger partial charge in [0.1, 0.15) is 18.0 Å². The molecule has 0 atom stereocenters. The lowest BCUT2D eigenvalue weighted by Gasteiger charge is -2.12. The summed E-state index contributed by atoms with van der Waals surface area (Å²) in [5, 5.41) is 2.76. The Balaban J connectivity index is 1.78. The monoisotopic (exact) mass is 314 g/mol. The van der Waals surface area contributed by atoms with Gasteiger partial charge in [-0.1, -0.05) is 0 Å². The molecule has 2 heterocycles. The van der Waals surface area contributed by atoms with Gasteiger partial charge in [-0.3, -0.25) is 4.79 Å². The standard InChI is InChI=1S/C16H18N4O3/c1-20(2)15-9-14(17-10-18-15)19-16(21)11-4-5-12-13(8-11)23-7-3-6-22-12/h4-5,8-10H,3,6-7H2,1-2H3,(H,17,18,19,21). The minimum absolute atomic E-state index is 0.260. The maximum atomic E-state index is 12.4. The van der Waals surface area contributed by atoms with Gasteiger partial charge in [0, 0.05) is 32.1 Å². The molecule has 0 unspecified atom stereocenters. The lowest BCUT2D eigenvalue weighted by atomic mass is 10.2. The van der Waals surface area contributed by atoms with E-state index in [1.807, 2.05) is 19.0 Å². The summed E-state index contributed by atoms with van der Waals surface area (Å²) in [5.41, 5.74) is 0.485. The number of ether oxygens (including phenoxy) is 2. The molecular weight excluding hydrogens is 296 g/mol. The molecule has 1 aliphatic rings. The molecule has 7 nitrogen and oxygen atoms in total. The van der Waals surface area contributed by atoms with E-state index in [9.17, 15) is 4.79 Å². The van der Waals surface area contributed by atoms with Crippen molar-refractivity contribution in [2.45, 2.75) is 6.42 Å². The fraction of sp³-hybridized carbons (Fsp3) is 0.312. The maximum Gasteiger partial charge on any atom is 0.256 e. The summed E-state index contributed by atoms with van der Waals surface area (Å²) >= 11 is 0. The van der Waals surface area contributed by atoms with E-state index in [4.69, 9.17) is 9.47 Å². The first kappa shape index (κ1) is 15.1. The van der Waals surface area contributed by atoms with Crippen LogP contribution in [0.5, 0.6) is 11.5 Å².